The largest absolute Gasteiger partial charge is 0.440 e. The van der Waals surface area contributed by atoms with E-state index in [1.165, 1.54) is 17.2 Å². The van der Waals surface area contributed by atoms with Crippen molar-refractivity contribution in [2.45, 2.75) is 36.1 Å². The minimum Gasteiger partial charge on any atom is -0.440 e. The van der Waals surface area contributed by atoms with Gasteiger partial charge >= 0.3 is 0 Å². The first-order valence-electron chi connectivity index (χ1n) is 10.5. The molecule has 0 aliphatic rings. The van der Waals surface area contributed by atoms with Gasteiger partial charge in [-0.1, -0.05) is 29.5 Å². The lowest BCUT2D eigenvalue weighted by atomic mass is 10.2. The zero-order valence-electron chi connectivity index (χ0n) is 18.7. The Hall–Kier alpha value is -2.37. The van der Waals surface area contributed by atoms with Crippen LogP contribution in [0.2, 0.25) is 0 Å². The third-order valence-electron chi connectivity index (χ3n) is 4.63. The van der Waals surface area contributed by atoms with E-state index in [4.69, 9.17) is 4.42 Å². The molecule has 0 spiro atoms. The van der Waals surface area contributed by atoms with Crippen LogP contribution in [0, 0.1) is 13.8 Å². The van der Waals surface area contributed by atoms with Crippen molar-refractivity contribution in [2.24, 2.45) is 0 Å². The van der Waals surface area contributed by atoms with Gasteiger partial charge in [0.15, 0.2) is 0 Å². The highest BCUT2D eigenvalue weighted by molar-refractivity contribution is 7.99. The van der Waals surface area contributed by atoms with E-state index in [2.05, 4.69) is 25.6 Å². The maximum atomic E-state index is 12.9. The summed E-state index contributed by atoms with van der Waals surface area (Å²) in [5, 5.41) is 8.38. The molecule has 0 atom stereocenters. The Morgan fingerprint density at radius 3 is 2.61 bits per heavy atom. The number of benzene rings is 1. The minimum atomic E-state index is -3.58. The zero-order valence-corrected chi connectivity index (χ0v) is 21.2. The van der Waals surface area contributed by atoms with E-state index >= 15 is 0 Å². The number of thioether (sulfide) groups is 2. The van der Waals surface area contributed by atoms with E-state index in [0.717, 1.165) is 40.6 Å². The Morgan fingerprint density at radius 1 is 1.12 bits per heavy atom. The summed E-state index contributed by atoms with van der Waals surface area (Å²) >= 11 is 3.27. The smallest absolute Gasteiger partial charge is 0.255 e. The number of aryl methyl sites for hydroxylation is 2. The van der Waals surface area contributed by atoms with Gasteiger partial charge in [-0.3, -0.25) is 0 Å². The van der Waals surface area contributed by atoms with Crippen LogP contribution < -0.4 is 10.6 Å². The molecule has 3 N–H and O–H groups in total. The Bertz CT molecular complexity index is 1110. The maximum absolute atomic E-state index is 12.9. The molecule has 11 heteroatoms. The normalized spacial score (nSPS) is 12.1. The van der Waals surface area contributed by atoms with Gasteiger partial charge in [0.2, 0.25) is 9.84 Å². The summed E-state index contributed by atoms with van der Waals surface area (Å²) in [6.07, 6.45) is 5.69. The van der Waals surface area contributed by atoms with Crippen molar-refractivity contribution < 1.29 is 12.8 Å². The highest BCUT2D eigenvalue weighted by Gasteiger charge is 2.13. The molecule has 0 aliphatic carbocycles. The number of H-pyrrole nitrogens is 1. The van der Waals surface area contributed by atoms with E-state index in [0.29, 0.717) is 24.1 Å². The fraction of sp³-hybridized carbons (Fsp3) is 0.364. The van der Waals surface area contributed by atoms with Gasteiger partial charge in [-0.25, -0.2) is 18.4 Å². The number of oxazole rings is 1. The number of sulfone groups is 1. The molecule has 8 nitrogen and oxygen atoms in total. The molecular weight excluding hydrogens is 478 g/mol. The molecule has 33 heavy (non-hydrogen) atoms. The third-order valence-corrected chi connectivity index (χ3v) is 8.02. The molecule has 1 aromatic carbocycles. The van der Waals surface area contributed by atoms with Crippen LogP contribution in [-0.4, -0.2) is 48.0 Å². The van der Waals surface area contributed by atoms with Crippen LogP contribution in [-0.2, 0) is 15.6 Å². The predicted molar refractivity (Wildman–Crippen MR) is 134 cm³/mol. The van der Waals surface area contributed by atoms with Gasteiger partial charge < -0.3 is 20.0 Å². The predicted octanol–water partition coefficient (Wildman–Crippen LogP) is 3.88. The van der Waals surface area contributed by atoms with Gasteiger partial charge in [0.05, 0.1) is 28.5 Å². The molecule has 0 fully saturated rings. The third kappa shape index (κ3) is 8.49. The summed E-state index contributed by atoms with van der Waals surface area (Å²) in [5.41, 5.74) is 3.13. The molecule has 3 aromatic rings. The van der Waals surface area contributed by atoms with Crippen LogP contribution in [0.3, 0.4) is 0 Å². The highest BCUT2D eigenvalue weighted by Crippen LogP contribution is 2.16. The number of imidazole rings is 1. The fourth-order valence-electron chi connectivity index (χ4n) is 2.79. The first kappa shape index (κ1) is 25.3. The molecule has 3 rings (SSSR count). The molecule has 2 heterocycles. The molecular formula is C22H29N5O3S3. The Balaban J connectivity index is 1.53. The summed E-state index contributed by atoms with van der Waals surface area (Å²) in [6.45, 7) is 5.18. The summed E-state index contributed by atoms with van der Waals surface area (Å²) in [4.78, 5) is 11.7. The summed E-state index contributed by atoms with van der Waals surface area (Å²) in [7, 11) is -3.58. The Labute approximate surface area is 203 Å². The molecule has 0 amide bonds. The van der Waals surface area contributed by atoms with Crippen molar-refractivity contribution in [2.75, 3.05) is 24.6 Å². The van der Waals surface area contributed by atoms with Gasteiger partial charge in [0.25, 0.3) is 5.22 Å². The van der Waals surface area contributed by atoms with Crippen molar-refractivity contribution in [1.29, 1.82) is 0 Å². The molecule has 0 radical (unpaired) electrons. The molecule has 0 saturated heterocycles. The standard InChI is InChI=1S/C22H29N5O3S3/c1-17-4-6-19(7-5-17)33(28,29)15-21(23-8-3-12-32-22-25-9-11-30-22)24-10-13-31-14-20-18(2)26-16-27-20/h4-7,9,11,15-16,23-24H,3,8,10,12-14H2,1-2H3,(H,26,27). The fourth-order valence-corrected chi connectivity index (χ4v) is 5.52. The van der Waals surface area contributed by atoms with Gasteiger partial charge in [0.1, 0.15) is 12.1 Å². The van der Waals surface area contributed by atoms with Crippen molar-refractivity contribution in [3.8, 4) is 0 Å². The molecule has 0 saturated carbocycles. The van der Waals surface area contributed by atoms with Crippen LogP contribution in [0.25, 0.3) is 0 Å². The van der Waals surface area contributed by atoms with Crippen LogP contribution in [0.15, 0.2) is 68.8 Å². The monoisotopic (exact) mass is 507 g/mol. The van der Waals surface area contributed by atoms with Crippen LogP contribution in [0.4, 0.5) is 0 Å². The minimum absolute atomic E-state index is 0.275. The average molecular weight is 508 g/mol. The van der Waals surface area contributed by atoms with E-state index in [-0.39, 0.29) is 4.90 Å². The number of hydrogen-bond donors (Lipinski definition) is 3. The first-order valence-corrected chi connectivity index (χ1v) is 14.2. The number of aromatic nitrogens is 3. The molecule has 0 bridgehead atoms. The average Bonchev–Trinajstić information content (AvgIpc) is 3.45. The van der Waals surface area contributed by atoms with Crippen molar-refractivity contribution in [3.63, 3.8) is 0 Å². The van der Waals surface area contributed by atoms with Gasteiger partial charge in [0, 0.05) is 36.0 Å². The van der Waals surface area contributed by atoms with Crippen molar-refractivity contribution in [3.05, 3.63) is 71.2 Å². The Kier molecular flexibility index (Phi) is 9.76. The summed E-state index contributed by atoms with van der Waals surface area (Å²) in [6, 6.07) is 6.87. The zero-order chi connectivity index (χ0) is 23.5. The van der Waals surface area contributed by atoms with E-state index in [9.17, 15) is 8.42 Å². The van der Waals surface area contributed by atoms with E-state index in [1.807, 2.05) is 13.8 Å². The van der Waals surface area contributed by atoms with E-state index < -0.39 is 9.84 Å². The van der Waals surface area contributed by atoms with Gasteiger partial charge in [-0.2, -0.15) is 11.8 Å². The molecule has 0 aliphatic heterocycles. The second-order valence-corrected chi connectivity index (χ2v) is 11.2. The second kappa shape index (κ2) is 12.8. The summed E-state index contributed by atoms with van der Waals surface area (Å²) < 4.78 is 31.0. The molecule has 178 valence electrons. The maximum Gasteiger partial charge on any atom is 0.255 e. The van der Waals surface area contributed by atoms with Gasteiger partial charge in [-0.05, 0) is 32.4 Å². The summed E-state index contributed by atoms with van der Waals surface area (Å²) in [5.74, 6) is 2.93. The topological polar surface area (TPSA) is 113 Å². The lowest BCUT2D eigenvalue weighted by molar-refractivity contribution is 0.454. The SMILES string of the molecule is Cc1ccc(S(=O)(=O)C=C(NCCCSc2ncco2)NCCSCc2nc[nH]c2C)cc1. The van der Waals surface area contributed by atoms with Crippen LogP contribution in [0.1, 0.15) is 23.4 Å². The highest BCUT2D eigenvalue weighted by atomic mass is 32.2. The Morgan fingerprint density at radius 2 is 1.91 bits per heavy atom. The number of rotatable bonds is 14. The lowest BCUT2D eigenvalue weighted by Crippen LogP contribution is -2.30. The number of hydrogen-bond acceptors (Lipinski definition) is 9. The lowest BCUT2D eigenvalue weighted by Gasteiger charge is -2.14. The first-order chi connectivity index (χ1) is 15.9. The van der Waals surface area contributed by atoms with E-state index in [1.54, 1.807) is 54.8 Å². The molecule has 0 unspecified atom stereocenters. The number of nitrogens with one attached hydrogen (secondary N) is 3. The van der Waals surface area contributed by atoms with Crippen LogP contribution in [0.5, 0.6) is 0 Å². The van der Waals surface area contributed by atoms with Crippen molar-refractivity contribution in [1.82, 2.24) is 25.6 Å². The molecule has 2 aromatic heterocycles. The van der Waals surface area contributed by atoms with Gasteiger partial charge in [-0.15, -0.1) is 0 Å². The number of aromatic amines is 1. The number of nitrogens with zero attached hydrogens (tertiary/aromatic N) is 2. The van der Waals surface area contributed by atoms with Crippen molar-refractivity contribution >= 4 is 33.4 Å². The second-order valence-electron chi connectivity index (χ2n) is 7.27. The quantitative estimate of drug-likeness (QED) is 0.221. The van der Waals surface area contributed by atoms with Crippen LogP contribution >= 0.6 is 23.5 Å².